The molecule has 0 aliphatic carbocycles. The molecule has 1 heterocycles. The summed E-state index contributed by atoms with van der Waals surface area (Å²) in [5.41, 5.74) is 1.49. The van der Waals surface area contributed by atoms with E-state index in [9.17, 15) is 13.2 Å². The largest absolute Gasteiger partial charge is 0.483 e. The van der Waals surface area contributed by atoms with Gasteiger partial charge < -0.3 is 10.1 Å². The van der Waals surface area contributed by atoms with Crippen LogP contribution in [0.4, 0.5) is 5.69 Å². The van der Waals surface area contributed by atoms with Crippen LogP contribution in [0, 0.1) is 6.92 Å². The Balaban J connectivity index is 1.59. The summed E-state index contributed by atoms with van der Waals surface area (Å²) in [6, 6.07) is 13.8. The van der Waals surface area contributed by atoms with Crippen molar-refractivity contribution in [2.75, 3.05) is 25.0 Å². The average molecular weight is 403 g/mol. The summed E-state index contributed by atoms with van der Waals surface area (Å²) in [7, 11) is -3.49. The van der Waals surface area contributed by atoms with E-state index in [1.807, 2.05) is 31.2 Å². The molecule has 7 heteroatoms. The predicted molar refractivity (Wildman–Crippen MR) is 109 cm³/mol. The summed E-state index contributed by atoms with van der Waals surface area (Å²) >= 11 is 0. The Kier molecular flexibility index (Phi) is 6.70. The van der Waals surface area contributed by atoms with Gasteiger partial charge in [-0.05, 0) is 55.7 Å². The molecule has 1 aliphatic rings. The van der Waals surface area contributed by atoms with Crippen LogP contribution < -0.4 is 10.1 Å². The van der Waals surface area contributed by atoms with Crippen LogP contribution >= 0.6 is 0 Å². The van der Waals surface area contributed by atoms with E-state index in [0.29, 0.717) is 24.5 Å². The zero-order chi connectivity index (χ0) is 20.0. The highest BCUT2D eigenvalue weighted by Crippen LogP contribution is 2.22. The van der Waals surface area contributed by atoms with Crippen LogP contribution in [0.25, 0.3) is 0 Å². The van der Waals surface area contributed by atoms with E-state index in [4.69, 9.17) is 4.74 Å². The number of amides is 1. The van der Waals surface area contributed by atoms with Gasteiger partial charge in [0.2, 0.25) is 10.0 Å². The number of carbonyl (C=O) groups excluding carboxylic acids is 1. The fourth-order valence-electron chi connectivity index (χ4n) is 3.20. The number of benzene rings is 2. The van der Waals surface area contributed by atoms with Gasteiger partial charge in [-0.1, -0.05) is 31.0 Å². The molecular formula is C21H26N2O4S. The molecule has 1 aliphatic heterocycles. The number of aryl methyl sites for hydroxylation is 1. The Morgan fingerprint density at radius 3 is 2.29 bits per heavy atom. The minimum Gasteiger partial charge on any atom is -0.483 e. The fourth-order valence-corrected chi connectivity index (χ4v) is 4.72. The Labute approximate surface area is 166 Å². The number of hydrogen-bond acceptors (Lipinski definition) is 4. The molecule has 0 saturated carbocycles. The third-order valence-corrected chi connectivity index (χ3v) is 6.71. The number of nitrogens with one attached hydrogen (secondary N) is 1. The van der Waals surface area contributed by atoms with E-state index < -0.39 is 10.0 Å². The minimum absolute atomic E-state index is 0.112. The molecule has 0 atom stereocenters. The average Bonchev–Trinajstić information content (AvgIpc) is 2.98. The molecule has 1 N–H and O–H groups in total. The first-order valence-electron chi connectivity index (χ1n) is 9.55. The second-order valence-corrected chi connectivity index (χ2v) is 8.88. The van der Waals surface area contributed by atoms with Crippen molar-refractivity contribution < 1.29 is 17.9 Å². The lowest BCUT2D eigenvalue weighted by Gasteiger charge is -2.20. The Morgan fingerprint density at radius 2 is 1.64 bits per heavy atom. The van der Waals surface area contributed by atoms with Crippen LogP contribution in [0.3, 0.4) is 0 Å². The van der Waals surface area contributed by atoms with E-state index in [0.717, 1.165) is 31.2 Å². The lowest BCUT2D eigenvalue weighted by Crippen LogP contribution is -2.31. The second kappa shape index (κ2) is 9.21. The SMILES string of the molecule is Cc1ccccc1OCC(=O)Nc1ccc(S(=O)(=O)N2CCCCCC2)cc1. The number of hydrogen-bond donors (Lipinski definition) is 1. The first-order chi connectivity index (χ1) is 13.5. The zero-order valence-corrected chi connectivity index (χ0v) is 16.9. The highest BCUT2D eigenvalue weighted by molar-refractivity contribution is 7.89. The molecule has 3 rings (SSSR count). The second-order valence-electron chi connectivity index (χ2n) is 6.95. The minimum atomic E-state index is -3.49. The molecular weight excluding hydrogens is 376 g/mol. The number of ether oxygens (including phenoxy) is 1. The van der Waals surface area contributed by atoms with Gasteiger partial charge in [-0.25, -0.2) is 8.42 Å². The molecule has 0 radical (unpaired) electrons. The van der Waals surface area contributed by atoms with Gasteiger partial charge in [-0.15, -0.1) is 0 Å². The molecule has 2 aromatic carbocycles. The Morgan fingerprint density at radius 1 is 1.00 bits per heavy atom. The molecule has 28 heavy (non-hydrogen) atoms. The Hall–Kier alpha value is -2.38. The van der Waals surface area contributed by atoms with Gasteiger partial charge >= 0.3 is 0 Å². The molecule has 1 fully saturated rings. The summed E-state index contributed by atoms with van der Waals surface area (Å²) in [5, 5.41) is 2.73. The topological polar surface area (TPSA) is 75.7 Å². The number of nitrogens with zero attached hydrogens (tertiary/aromatic N) is 1. The van der Waals surface area contributed by atoms with E-state index in [1.165, 1.54) is 12.1 Å². The highest BCUT2D eigenvalue weighted by atomic mass is 32.2. The predicted octanol–water partition coefficient (Wildman–Crippen LogP) is 3.58. The van der Waals surface area contributed by atoms with Crippen LogP contribution in [0.5, 0.6) is 5.75 Å². The van der Waals surface area contributed by atoms with Crippen molar-refractivity contribution in [1.29, 1.82) is 0 Å². The van der Waals surface area contributed by atoms with Gasteiger partial charge in [0.25, 0.3) is 5.91 Å². The Bertz CT molecular complexity index is 902. The molecule has 6 nitrogen and oxygen atoms in total. The number of para-hydroxylation sites is 1. The molecule has 1 saturated heterocycles. The zero-order valence-electron chi connectivity index (χ0n) is 16.1. The maximum Gasteiger partial charge on any atom is 0.262 e. The number of anilines is 1. The summed E-state index contributed by atoms with van der Waals surface area (Å²) in [6.45, 7) is 2.93. The van der Waals surface area contributed by atoms with Crippen molar-refractivity contribution in [3.63, 3.8) is 0 Å². The van der Waals surface area contributed by atoms with E-state index in [2.05, 4.69) is 5.32 Å². The van der Waals surface area contributed by atoms with Gasteiger partial charge in [-0.3, -0.25) is 4.79 Å². The van der Waals surface area contributed by atoms with Crippen LogP contribution in [0.1, 0.15) is 31.2 Å². The van der Waals surface area contributed by atoms with Crippen LogP contribution in [0.15, 0.2) is 53.4 Å². The third-order valence-electron chi connectivity index (χ3n) is 4.79. The summed E-state index contributed by atoms with van der Waals surface area (Å²) in [6.07, 6.45) is 3.94. The summed E-state index contributed by atoms with van der Waals surface area (Å²) in [5.74, 6) is 0.364. The van der Waals surface area contributed by atoms with E-state index in [-0.39, 0.29) is 17.4 Å². The van der Waals surface area contributed by atoms with Crippen LogP contribution in [-0.2, 0) is 14.8 Å². The number of carbonyl (C=O) groups is 1. The quantitative estimate of drug-likeness (QED) is 0.801. The molecule has 1 amide bonds. The van der Waals surface area contributed by atoms with Gasteiger partial charge in [0.1, 0.15) is 5.75 Å². The van der Waals surface area contributed by atoms with Crippen molar-refractivity contribution in [1.82, 2.24) is 4.31 Å². The molecule has 2 aromatic rings. The van der Waals surface area contributed by atoms with Crippen LogP contribution in [-0.4, -0.2) is 38.3 Å². The first kappa shape index (κ1) is 20.4. The van der Waals surface area contributed by atoms with Crippen molar-refractivity contribution in [2.24, 2.45) is 0 Å². The van der Waals surface area contributed by atoms with Crippen molar-refractivity contribution in [2.45, 2.75) is 37.5 Å². The smallest absolute Gasteiger partial charge is 0.262 e. The van der Waals surface area contributed by atoms with E-state index in [1.54, 1.807) is 16.4 Å². The summed E-state index contributed by atoms with van der Waals surface area (Å²) in [4.78, 5) is 12.4. The van der Waals surface area contributed by atoms with Gasteiger partial charge in [0, 0.05) is 18.8 Å². The van der Waals surface area contributed by atoms with Gasteiger partial charge in [0.05, 0.1) is 4.90 Å². The van der Waals surface area contributed by atoms with Crippen molar-refractivity contribution in [3.8, 4) is 5.75 Å². The maximum absolute atomic E-state index is 12.8. The maximum atomic E-state index is 12.8. The number of sulfonamides is 1. The number of rotatable bonds is 6. The highest BCUT2D eigenvalue weighted by Gasteiger charge is 2.24. The van der Waals surface area contributed by atoms with Gasteiger partial charge in [0.15, 0.2) is 6.61 Å². The third kappa shape index (κ3) is 5.11. The van der Waals surface area contributed by atoms with Crippen LogP contribution in [0.2, 0.25) is 0 Å². The summed E-state index contributed by atoms with van der Waals surface area (Å²) < 4.78 is 32.7. The van der Waals surface area contributed by atoms with Gasteiger partial charge in [-0.2, -0.15) is 4.31 Å². The molecule has 150 valence electrons. The lowest BCUT2D eigenvalue weighted by molar-refractivity contribution is -0.118. The van der Waals surface area contributed by atoms with Crippen molar-refractivity contribution >= 4 is 21.6 Å². The monoisotopic (exact) mass is 402 g/mol. The lowest BCUT2D eigenvalue weighted by atomic mass is 10.2. The van der Waals surface area contributed by atoms with Crippen molar-refractivity contribution in [3.05, 3.63) is 54.1 Å². The normalized spacial score (nSPS) is 15.6. The molecule has 0 bridgehead atoms. The first-order valence-corrected chi connectivity index (χ1v) is 11.0. The molecule has 0 aromatic heterocycles. The fraction of sp³-hybridized carbons (Fsp3) is 0.381. The molecule has 0 spiro atoms. The standard InChI is InChI=1S/C21H26N2O4S/c1-17-8-4-5-9-20(17)27-16-21(24)22-18-10-12-19(13-11-18)28(25,26)23-14-6-2-3-7-15-23/h4-5,8-13H,2-3,6-7,14-16H2,1H3,(H,22,24). The molecule has 0 unspecified atom stereocenters. The van der Waals surface area contributed by atoms with E-state index >= 15 is 0 Å².